The molecule has 3 N–H and O–H groups in total. The minimum absolute atomic E-state index is 0.0997. The number of hydrogen-bond donors (Lipinski definition) is 3. The van der Waals surface area contributed by atoms with Crippen molar-refractivity contribution < 1.29 is 9.59 Å². The van der Waals surface area contributed by atoms with Crippen molar-refractivity contribution in [2.24, 2.45) is 11.8 Å². The summed E-state index contributed by atoms with van der Waals surface area (Å²) in [6, 6.07) is -0.651. The van der Waals surface area contributed by atoms with Gasteiger partial charge in [0.2, 0.25) is 11.8 Å². The van der Waals surface area contributed by atoms with Crippen molar-refractivity contribution in [2.45, 2.75) is 71.5 Å². The fourth-order valence-corrected chi connectivity index (χ4v) is 2.52. The summed E-state index contributed by atoms with van der Waals surface area (Å²) in [5.41, 5.74) is 0. The van der Waals surface area contributed by atoms with E-state index in [0.29, 0.717) is 5.92 Å². The average Bonchev–Trinajstić information content (AvgIpc) is 2.39. The molecule has 0 aliphatic heterocycles. The van der Waals surface area contributed by atoms with E-state index in [2.05, 4.69) is 39.0 Å². The van der Waals surface area contributed by atoms with Crippen molar-refractivity contribution >= 4 is 21.2 Å². The molecule has 0 aromatic carbocycles. The van der Waals surface area contributed by atoms with Gasteiger partial charge in [-0.15, -0.1) is 0 Å². The summed E-state index contributed by atoms with van der Waals surface area (Å²) in [5.74, 6) is 0.888. The van der Waals surface area contributed by atoms with E-state index in [1.807, 2.05) is 0 Å². The van der Waals surface area contributed by atoms with E-state index in [4.69, 9.17) is 0 Å². The first-order valence-electron chi connectivity index (χ1n) is 7.92. The minimum Gasteiger partial charge on any atom is -0.351 e. The van der Waals surface area contributed by atoms with E-state index in [9.17, 15) is 9.59 Å². The Balaban J connectivity index is 2.45. The Morgan fingerprint density at radius 1 is 1.05 bits per heavy atom. The predicted molar refractivity (Wildman–Crippen MR) is 88.6 cm³/mol. The first-order chi connectivity index (χ1) is 9.85. The highest BCUT2D eigenvalue weighted by Gasteiger charge is 2.27. The summed E-state index contributed by atoms with van der Waals surface area (Å²) in [5, 5.41) is 8.61. The minimum atomic E-state index is -0.513. The van der Waals surface area contributed by atoms with Gasteiger partial charge in [-0.2, -0.15) is 0 Å². The van der Waals surface area contributed by atoms with Crippen LogP contribution in [-0.4, -0.2) is 29.9 Å². The lowest BCUT2D eigenvalue weighted by molar-refractivity contribution is -0.129. The molecule has 2 amide bonds. The fourth-order valence-electron chi connectivity index (χ4n) is 2.37. The lowest BCUT2D eigenvalue weighted by Crippen LogP contribution is -2.52. The van der Waals surface area contributed by atoms with Gasteiger partial charge in [-0.25, -0.2) is 0 Å². The second-order valence-electron chi connectivity index (χ2n) is 6.51. The third kappa shape index (κ3) is 5.91. The monoisotopic (exact) mass is 315 g/mol. The van der Waals surface area contributed by atoms with E-state index < -0.39 is 6.04 Å². The zero-order valence-electron chi connectivity index (χ0n) is 13.6. The van der Waals surface area contributed by atoms with Crippen LogP contribution in [0.2, 0.25) is 0 Å². The molecule has 6 heteroatoms. The summed E-state index contributed by atoms with van der Waals surface area (Å²) in [6.07, 6.45) is 4.93. The molecule has 1 fully saturated rings. The van der Waals surface area contributed by atoms with Gasteiger partial charge in [0.15, 0.2) is 0 Å². The number of carbonyl (C=O) groups excluding carboxylic acids is 2. The number of nitrogens with one attached hydrogen (secondary N) is 3. The SMILES string of the molecule is CC(NP)C(=O)NC(C)C(=O)NC(CC1CCC1)C(C)C. The number of carbonyl (C=O) groups is 2. The molecule has 21 heavy (non-hydrogen) atoms. The first-order valence-corrected chi connectivity index (χ1v) is 8.49. The van der Waals surface area contributed by atoms with Crippen LogP contribution in [0.4, 0.5) is 0 Å². The number of hydrogen-bond acceptors (Lipinski definition) is 3. The fraction of sp³-hybridized carbons (Fsp3) is 0.867. The van der Waals surface area contributed by atoms with Crippen LogP contribution in [0.3, 0.4) is 0 Å². The lowest BCUT2D eigenvalue weighted by atomic mass is 9.79. The van der Waals surface area contributed by atoms with Gasteiger partial charge < -0.3 is 10.6 Å². The van der Waals surface area contributed by atoms with Crippen LogP contribution in [-0.2, 0) is 9.59 Å². The molecule has 0 heterocycles. The van der Waals surface area contributed by atoms with E-state index in [0.717, 1.165) is 12.3 Å². The normalized spacial score (nSPS) is 19.5. The summed E-state index contributed by atoms with van der Waals surface area (Å²) in [4.78, 5) is 24.0. The van der Waals surface area contributed by atoms with Crippen LogP contribution in [0, 0.1) is 11.8 Å². The van der Waals surface area contributed by atoms with Gasteiger partial charge in [0.1, 0.15) is 6.04 Å². The van der Waals surface area contributed by atoms with Gasteiger partial charge in [0.25, 0.3) is 0 Å². The predicted octanol–water partition coefficient (Wildman–Crippen LogP) is 1.59. The summed E-state index contributed by atoms with van der Waals surface area (Å²) < 4.78 is 0. The first kappa shape index (κ1) is 18.4. The maximum absolute atomic E-state index is 12.2. The Hall–Kier alpha value is -0.670. The smallest absolute Gasteiger partial charge is 0.242 e. The van der Waals surface area contributed by atoms with Gasteiger partial charge in [-0.1, -0.05) is 42.5 Å². The van der Waals surface area contributed by atoms with Crippen LogP contribution < -0.4 is 15.7 Å². The quantitative estimate of drug-likeness (QED) is 0.596. The highest BCUT2D eigenvalue weighted by Crippen LogP contribution is 2.31. The summed E-state index contributed by atoms with van der Waals surface area (Å²) >= 11 is 0. The zero-order chi connectivity index (χ0) is 16.0. The summed E-state index contributed by atoms with van der Waals surface area (Å²) in [6.45, 7) is 7.74. The number of amides is 2. The van der Waals surface area contributed by atoms with Crippen molar-refractivity contribution in [1.29, 1.82) is 0 Å². The molecular weight excluding hydrogens is 285 g/mol. The van der Waals surface area contributed by atoms with Crippen LogP contribution >= 0.6 is 9.39 Å². The molecule has 4 atom stereocenters. The Morgan fingerprint density at radius 2 is 1.62 bits per heavy atom. The lowest BCUT2D eigenvalue weighted by Gasteiger charge is -2.32. The third-order valence-corrected chi connectivity index (χ3v) is 4.84. The van der Waals surface area contributed by atoms with E-state index >= 15 is 0 Å². The second-order valence-corrected chi connectivity index (χ2v) is 6.84. The van der Waals surface area contributed by atoms with Crippen LogP contribution in [0.15, 0.2) is 0 Å². The number of rotatable bonds is 8. The molecule has 122 valence electrons. The molecule has 1 rings (SSSR count). The zero-order valence-corrected chi connectivity index (χ0v) is 14.8. The molecule has 0 spiro atoms. The van der Waals surface area contributed by atoms with Crippen molar-refractivity contribution in [1.82, 2.24) is 15.7 Å². The van der Waals surface area contributed by atoms with E-state index in [1.165, 1.54) is 19.3 Å². The molecular formula is C15H30N3O2P. The highest BCUT2D eigenvalue weighted by molar-refractivity contribution is 7.13. The topological polar surface area (TPSA) is 70.2 Å². The Labute approximate surface area is 130 Å². The molecule has 1 saturated carbocycles. The maximum atomic E-state index is 12.2. The Bertz CT molecular complexity index is 359. The van der Waals surface area contributed by atoms with Crippen molar-refractivity contribution in [2.75, 3.05) is 0 Å². The molecule has 5 nitrogen and oxygen atoms in total. The Morgan fingerprint density at radius 3 is 2.05 bits per heavy atom. The molecule has 0 aromatic rings. The molecule has 1 aliphatic rings. The molecule has 0 aromatic heterocycles. The van der Waals surface area contributed by atoms with Crippen molar-refractivity contribution in [3.63, 3.8) is 0 Å². The molecule has 1 aliphatic carbocycles. The third-order valence-electron chi connectivity index (χ3n) is 4.34. The van der Waals surface area contributed by atoms with Gasteiger partial charge in [-0.05, 0) is 32.1 Å². The van der Waals surface area contributed by atoms with E-state index in [1.54, 1.807) is 13.8 Å². The highest BCUT2D eigenvalue weighted by atomic mass is 31.0. The molecule has 4 unspecified atom stereocenters. The van der Waals surface area contributed by atoms with Crippen molar-refractivity contribution in [3.05, 3.63) is 0 Å². The van der Waals surface area contributed by atoms with Gasteiger partial charge in [-0.3, -0.25) is 14.7 Å². The molecule has 0 radical (unpaired) electrons. The second kappa shape index (κ2) is 8.70. The summed E-state index contributed by atoms with van der Waals surface area (Å²) in [7, 11) is 2.31. The maximum Gasteiger partial charge on any atom is 0.242 e. The average molecular weight is 315 g/mol. The molecule has 0 saturated heterocycles. The van der Waals surface area contributed by atoms with Crippen LogP contribution in [0.25, 0.3) is 0 Å². The van der Waals surface area contributed by atoms with Crippen LogP contribution in [0.5, 0.6) is 0 Å². The van der Waals surface area contributed by atoms with Gasteiger partial charge >= 0.3 is 0 Å². The Kier molecular flexibility index (Phi) is 7.61. The standard InChI is InChI=1S/C15H30N3O2P/c1-9(2)13(8-12-6-5-7-12)17-14(19)10(3)16-15(20)11(4)18-21/h9-13,18H,5-8,21H2,1-4H3,(H,16,20)(H,17,19). The van der Waals surface area contributed by atoms with Gasteiger partial charge in [0, 0.05) is 6.04 Å². The van der Waals surface area contributed by atoms with Crippen molar-refractivity contribution in [3.8, 4) is 0 Å². The largest absolute Gasteiger partial charge is 0.351 e. The molecule has 0 bridgehead atoms. The van der Waals surface area contributed by atoms with Gasteiger partial charge in [0.05, 0.1) is 6.04 Å². The van der Waals surface area contributed by atoms with E-state index in [-0.39, 0.29) is 23.9 Å². The van der Waals surface area contributed by atoms with Crippen LogP contribution in [0.1, 0.15) is 53.4 Å².